The summed E-state index contributed by atoms with van der Waals surface area (Å²) < 4.78 is 39.8. The van der Waals surface area contributed by atoms with Gasteiger partial charge < -0.3 is 9.84 Å². The van der Waals surface area contributed by atoms with Crippen molar-refractivity contribution in [2.75, 3.05) is 6.61 Å². The molecule has 0 fully saturated rings. The summed E-state index contributed by atoms with van der Waals surface area (Å²) in [5.74, 6) is -1.30. The minimum Gasteiger partial charge on any atom is -0.477 e. The van der Waals surface area contributed by atoms with Crippen LogP contribution < -0.4 is 4.74 Å². The average molecular weight is 236 g/mol. The van der Waals surface area contributed by atoms with E-state index in [9.17, 15) is 18.0 Å². The van der Waals surface area contributed by atoms with E-state index in [1.807, 2.05) is 0 Å². The van der Waals surface area contributed by atoms with Gasteiger partial charge in [0.2, 0.25) is 0 Å². The van der Waals surface area contributed by atoms with Crippen molar-refractivity contribution in [3.05, 3.63) is 18.0 Å². The van der Waals surface area contributed by atoms with Gasteiger partial charge in [0, 0.05) is 6.20 Å². The number of hydrogen-bond donors (Lipinski definition) is 1. The lowest BCUT2D eigenvalue weighted by Gasteiger charge is -2.06. The second-order valence-corrected chi connectivity index (χ2v) is 2.74. The van der Waals surface area contributed by atoms with Crippen molar-refractivity contribution in [2.45, 2.75) is 12.6 Å². The first-order valence-electron chi connectivity index (χ1n) is 4.14. The maximum atomic E-state index is 11.8. The first-order valence-corrected chi connectivity index (χ1v) is 4.14. The van der Waals surface area contributed by atoms with Crippen LogP contribution in [0.5, 0.6) is 6.01 Å². The summed E-state index contributed by atoms with van der Waals surface area (Å²) in [6.45, 7) is -0.646. The van der Waals surface area contributed by atoms with E-state index in [-0.39, 0.29) is 11.7 Å². The normalized spacial score (nSPS) is 11.2. The highest BCUT2D eigenvalue weighted by molar-refractivity contribution is 5.85. The third kappa shape index (κ3) is 4.11. The van der Waals surface area contributed by atoms with Crippen LogP contribution in [0.25, 0.3) is 0 Å². The van der Waals surface area contributed by atoms with E-state index < -0.39 is 25.2 Å². The SMILES string of the molecule is O=C(O)c1ccnc(OCCC(F)(F)F)n1. The fraction of sp³-hybridized carbons (Fsp3) is 0.375. The third-order valence-corrected chi connectivity index (χ3v) is 1.47. The molecule has 1 N–H and O–H groups in total. The summed E-state index contributed by atoms with van der Waals surface area (Å²) in [6, 6.07) is 0.725. The number of rotatable bonds is 4. The number of alkyl halides is 3. The summed E-state index contributed by atoms with van der Waals surface area (Å²) in [4.78, 5) is 17.3. The Morgan fingerprint density at radius 1 is 1.50 bits per heavy atom. The van der Waals surface area contributed by atoms with Crippen molar-refractivity contribution in [1.82, 2.24) is 9.97 Å². The molecule has 0 aliphatic heterocycles. The lowest BCUT2D eigenvalue weighted by molar-refractivity contribution is -0.139. The van der Waals surface area contributed by atoms with Gasteiger partial charge in [0.15, 0.2) is 5.69 Å². The van der Waals surface area contributed by atoms with Gasteiger partial charge in [-0.2, -0.15) is 18.2 Å². The van der Waals surface area contributed by atoms with Crippen LogP contribution in [0.15, 0.2) is 12.3 Å². The summed E-state index contributed by atoms with van der Waals surface area (Å²) in [5.41, 5.74) is -0.336. The standard InChI is InChI=1S/C8H7F3N2O3/c9-8(10,11)2-4-16-7-12-3-1-5(13-7)6(14)15/h1,3H,2,4H2,(H,14,15). The fourth-order valence-electron chi connectivity index (χ4n) is 0.788. The molecule has 0 aliphatic carbocycles. The molecule has 88 valence electrons. The van der Waals surface area contributed by atoms with Crippen LogP contribution in [0.4, 0.5) is 13.2 Å². The predicted octanol–water partition coefficient (Wildman–Crippen LogP) is 1.51. The molecule has 0 aliphatic rings. The molecule has 0 unspecified atom stereocenters. The zero-order valence-electron chi connectivity index (χ0n) is 7.86. The van der Waals surface area contributed by atoms with Crippen LogP contribution >= 0.6 is 0 Å². The zero-order valence-corrected chi connectivity index (χ0v) is 7.86. The van der Waals surface area contributed by atoms with E-state index >= 15 is 0 Å². The lowest BCUT2D eigenvalue weighted by Crippen LogP contribution is -2.14. The first-order chi connectivity index (χ1) is 7.38. The van der Waals surface area contributed by atoms with Crippen molar-refractivity contribution in [3.8, 4) is 6.01 Å². The monoisotopic (exact) mass is 236 g/mol. The molecule has 0 saturated carbocycles. The average Bonchev–Trinajstić information content (AvgIpc) is 2.16. The van der Waals surface area contributed by atoms with E-state index in [4.69, 9.17) is 5.11 Å². The largest absolute Gasteiger partial charge is 0.477 e. The van der Waals surface area contributed by atoms with Gasteiger partial charge in [-0.15, -0.1) is 0 Å². The number of hydrogen-bond acceptors (Lipinski definition) is 4. The second-order valence-electron chi connectivity index (χ2n) is 2.74. The molecule has 0 aromatic carbocycles. The Labute approximate surface area is 87.9 Å². The fourth-order valence-corrected chi connectivity index (χ4v) is 0.788. The number of nitrogens with zero attached hydrogens (tertiary/aromatic N) is 2. The van der Waals surface area contributed by atoms with Crippen molar-refractivity contribution in [2.24, 2.45) is 0 Å². The number of halogens is 3. The van der Waals surface area contributed by atoms with Crippen LogP contribution in [0.1, 0.15) is 16.9 Å². The van der Waals surface area contributed by atoms with Gasteiger partial charge in [-0.05, 0) is 6.07 Å². The van der Waals surface area contributed by atoms with Crippen molar-refractivity contribution in [1.29, 1.82) is 0 Å². The summed E-state index contributed by atoms with van der Waals surface area (Å²) in [6.07, 6.45) is -4.38. The number of aromatic nitrogens is 2. The van der Waals surface area contributed by atoms with Crippen LogP contribution in [-0.4, -0.2) is 33.8 Å². The molecule has 0 spiro atoms. The molecule has 5 nitrogen and oxygen atoms in total. The van der Waals surface area contributed by atoms with E-state index in [2.05, 4.69) is 14.7 Å². The van der Waals surface area contributed by atoms with E-state index in [1.165, 1.54) is 0 Å². The lowest BCUT2D eigenvalue weighted by atomic mass is 10.4. The maximum Gasteiger partial charge on any atom is 0.392 e. The minimum atomic E-state index is -4.33. The Kier molecular flexibility index (Phi) is 3.64. The summed E-state index contributed by atoms with van der Waals surface area (Å²) in [5, 5.41) is 8.54. The molecule has 16 heavy (non-hydrogen) atoms. The maximum absolute atomic E-state index is 11.8. The van der Waals surface area contributed by atoms with Crippen LogP contribution in [0, 0.1) is 0 Å². The molecule has 8 heteroatoms. The molecule has 0 atom stereocenters. The highest BCUT2D eigenvalue weighted by Crippen LogP contribution is 2.19. The number of carboxylic acid groups (broad SMARTS) is 1. The number of ether oxygens (including phenoxy) is 1. The van der Waals surface area contributed by atoms with Crippen LogP contribution in [0.2, 0.25) is 0 Å². The molecular weight excluding hydrogens is 229 g/mol. The Morgan fingerprint density at radius 2 is 2.19 bits per heavy atom. The summed E-state index contributed by atoms with van der Waals surface area (Å²) in [7, 11) is 0. The van der Waals surface area contributed by atoms with E-state index in [0.29, 0.717) is 0 Å². The molecule has 1 aromatic rings. The Balaban J connectivity index is 2.55. The molecule has 1 aromatic heterocycles. The predicted molar refractivity (Wildman–Crippen MR) is 45.2 cm³/mol. The second kappa shape index (κ2) is 4.77. The molecule has 0 radical (unpaired) electrons. The smallest absolute Gasteiger partial charge is 0.392 e. The van der Waals surface area contributed by atoms with Crippen LogP contribution in [0.3, 0.4) is 0 Å². The van der Waals surface area contributed by atoms with Gasteiger partial charge in [0.25, 0.3) is 0 Å². The molecule has 0 saturated heterocycles. The molecule has 1 heterocycles. The molecule has 1 rings (SSSR count). The molecular formula is C8H7F3N2O3. The van der Waals surface area contributed by atoms with Gasteiger partial charge >= 0.3 is 18.2 Å². The van der Waals surface area contributed by atoms with Crippen molar-refractivity contribution in [3.63, 3.8) is 0 Å². The van der Waals surface area contributed by atoms with Gasteiger partial charge in [0.05, 0.1) is 6.42 Å². The van der Waals surface area contributed by atoms with Crippen LogP contribution in [-0.2, 0) is 0 Å². The third-order valence-electron chi connectivity index (χ3n) is 1.47. The Hall–Kier alpha value is -1.86. The zero-order chi connectivity index (χ0) is 12.2. The number of carboxylic acids is 1. The van der Waals surface area contributed by atoms with Crippen molar-refractivity contribution >= 4 is 5.97 Å². The number of carbonyl (C=O) groups is 1. The minimum absolute atomic E-state index is 0.336. The van der Waals surface area contributed by atoms with Gasteiger partial charge in [-0.3, -0.25) is 0 Å². The van der Waals surface area contributed by atoms with E-state index in [0.717, 1.165) is 12.3 Å². The topological polar surface area (TPSA) is 72.3 Å². The quantitative estimate of drug-likeness (QED) is 0.857. The summed E-state index contributed by atoms with van der Waals surface area (Å²) >= 11 is 0. The van der Waals surface area contributed by atoms with E-state index in [1.54, 1.807) is 0 Å². The molecule has 0 bridgehead atoms. The highest BCUT2D eigenvalue weighted by Gasteiger charge is 2.27. The van der Waals surface area contributed by atoms with Crippen molar-refractivity contribution < 1.29 is 27.8 Å². The Bertz CT molecular complexity index is 381. The highest BCUT2D eigenvalue weighted by atomic mass is 19.4. The first kappa shape index (κ1) is 12.2. The molecule has 0 amide bonds. The van der Waals surface area contributed by atoms with Gasteiger partial charge in [0.1, 0.15) is 6.61 Å². The van der Waals surface area contributed by atoms with Gasteiger partial charge in [-0.1, -0.05) is 0 Å². The van der Waals surface area contributed by atoms with Gasteiger partial charge in [-0.25, -0.2) is 9.78 Å². The number of aromatic carboxylic acids is 1. The Morgan fingerprint density at radius 3 is 2.75 bits per heavy atom.